The van der Waals surface area contributed by atoms with E-state index in [1.165, 1.54) is 100 Å². The quantitative estimate of drug-likeness (QED) is 0.164. The van der Waals surface area contributed by atoms with Gasteiger partial charge in [0.15, 0.2) is 0 Å². The predicted octanol–water partition coefficient (Wildman–Crippen LogP) is 18.1. The van der Waals surface area contributed by atoms with E-state index in [4.69, 9.17) is 0 Å². The van der Waals surface area contributed by atoms with E-state index >= 15 is 0 Å². The van der Waals surface area contributed by atoms with Crippen LogP contribution in [-0.2, 0) is 10.8 Å². The highest BCUT2D eigenvalue weighted by Gasteiger charge is 2.52. The fraction of sp³-hybridized carbons (Fsp3) is 0.0588. The Morgan fingerprint density at radius 1 is 0.329 bits per heavy atom. The summed E-state index contributed by atoms with van der Waals surface area (Å²) >= 11 is 0. The summed E-state index contributed by atoms with van der Waals surface area (Å²) in [5.41, 5.74) is 24.3. The Morgan fingerprint density at radius 2 is 0.843 bits per heavy atom. The van der Waals surface area contributed by atoms with Crippen LogP contribution >= 0.6 is 0 Å². The molecule has 11 aromatic rings. The molecule has 0 saturated carbocycles. The van der Waals surface area contributed by atoms with Gasteiger partial charge in [-0.25, -0.2) is 0 Å². The van der Waals surface area contributed by atoms with Crippen LogP contribution in [0, 0.1) is 0 Å². The van der Waals surface area contributed by atoms with Gasteiger partial charge in [0.2, 0.25) is 0 Å². The second kappa shape index (κ2) is 15.4. The van der Waals surface area contributed by atoms with Crippen molar-refractivity contribution in [3.8, 4) is 44.5 Å². The van der Waals surface area contributed by atoms with Crippen molar-refractivity contribution in [2.24, 2.45) is 0 Å². The normalized spacial score (nSPS) is 14.1. The van der Waals surface area contributed by atoms with Crippen molar-refractivity contribution < 1.29 is 0 Å². The lowest BCUT2D eigenvalue weighted by Gasteiger charge is -2.45. The number of fused-ring (bicyclic) bond motifs is 13. The number of para-hydroxylation sites is 3. The third-order valence-electron chi connectivity index (χ3n) is 15.7. The number of hydrogen-bond donors (Lipinski definition) is 0. The highest BCUT2D eigenvalue weighted by Crippen LogP contribution is 2.65. The van der Waals surface area contributed by atoms with E-state index in [1.54, 1.807) is 0 Å². The maximum absolute atomic E-state index is 2.48. The van der Waals surface area contributed by atoms with Crippen molar-refractivity contribution >= 4 is 44.9 Å². The maximum Gasteiger partial charge on any atom is 0.0754 e. The monoisotopic (exact) mass is 892 g/mol. The van der Waals surface area contributed by atoms with Crippen molar-refractivity contribution in [3.05, 3.63) is 288 Å². The number of rotatable bonds is 6. The average molecular weight is 893 g/mol. The molecule has 70 heavy (non-hydrogen) atoms. The third kappa shape index (κ3) is 5.68. The van der Waals surface area contributed by atoms with E-state index in [0.717, 1.165) is 22.7 Å². The van der Waals surface area contributed by atoms with Gasteiger partial charge in [0.05, 0.1) is 22.5 Å². The minimum atomic E-state index is -0.542. The summed E-state index contributed by atoms with van der Waals surface area (Å²) in [6.45, 7) is 4.74. The molecule has 0 saturated heterocycles. The molecule has 2 heteroatoms. The molecule has 3 aliphatic rings. The Balaban J connectivity index is 0.981. The zero-order valence-electron chi connectivity index (χ0n) is 39.1. The lowest BCUT2D eigenvalue weighted by Crippen LogP contribution is -2.36. The first kappa shape index (κ1) is 40.4. The van der Waals surface area contributed by atoms with Crippen molar-refractivity contribution in [3.63, 3.8) is 0 Å². The molecule has 0 bridgehead atoms. The standard InChI is InChI=1S/C68H48N2/c1-67(2)57-29-13-11-25-52(57)53-41-40-49(44-62(53)67)69(48-38-36-46(37-39-48)45-20-5-3-6-21-45)63-43-42-51(50-24-9-10-26-54(50)63)55-28-19-33-61-66(55)56-27-12-14-30-58(56)68(61)59-31-15-17-34-64(59)70(47-22-7-4-8-23-47)65-35-18-16-32-60(65)68/h3-44H,1-2H3. The van der Waals surface area contributed by atoms with Crippen LogP contribution in [0.3, 0.4) is 0 Å². The van der Waals surface area contributed by atoms with Gasteiger partial charge in [-0.2, -0.15) is 0 Å². The van der Waals surface area contributed by atoms with Crippen molar-refractivity contribution in [2.45, 2.75) is 24.7 Å². The lowest BCUT2D eigenvalue weighted by atomic mass is 9.64. The molecule has 14 rings (SSSR count). The molecule has 1 spiro atoms. The lowest BCUT2D eigenvalue weighted by molar-refractivity contribution is 0.660. The molecule has 1 heterocycles. The second-order valence-corrected chi connectivity index (χ2v) is 19.6. The molecule has 0 atom stereocenters. The fourth-order valence-electron chi connectivity index (χ4n) is 12.6. The molecule has 330 valence electrons. The van der Waals surface area contributed by atoms with Gasteiger partial charge in [-0.3, -0.25) is 0 Å². The Morgan fingerprint density at radius 3 is 1.57 bits per heavy atom. The van der Waals surface area contributed by atoms with Crippen LogP contribution in [0.5, 0.6) is 0 Å². The predicted molar refractivity (Wildman–Crippen MR) is 293 cm³/mol. The first-order valence-corrected chi connectivity index (χ1v) is 24.5. The van der Waals surface area contributed by atoms with Gasteiger partial charge in [-0.15, -0.1) is 0 Å². The summed E-state index contributed by atoms with van der Waals surface area (Å²) in [5.74, 6) is 0. The zero-order chi connectivity index (χ0) is 46.6. The molecule has 11 aromatic carbocycles. The molecule has 0 unspecified atom stereocenters. The van der Waals surface area contributed by atoms with E-state index in [0.29, 0.717) is 0 Å². The number of benzene rings is 11. The number of anilines is 6. The Bertz CT molecular complexity index is 3820. The van der Waals surface area contributed by atoms with Crippen molar-refractivity contribution in [1.82, 2.24) is 0 Å². The molecule has 2 aliphatic carbocycles. The summed E-state index contributed by atoms with van der Waals surface area (Å²) in [4.78, 5) is 4.93. The van der Waals surface area contributed by atoms with Gasteiger partial charge in [0.1, 0.15) is 0 Å². The highest BCUT2D eigenvalue weighted by atomic mass is 15.2. The molecule has 0 amide bonds. The molecule has 0 fully saturated rings. The Labute approximate surface area is 410 Å². The van der Waals surface area contributed by atoms with Gasteiger partial charge in [-0.1, -0.05) is 214 Å². The van der Waals surface area contributed by atoms with Crippen LogP contribution in [0.4, 0.5) is 34.1 Å². The molecular formula is C68H48N2. The molecule has 1 aliphatic heterocycles. The molecule has 0 radical (unpaired) electrons. The topological polar surface area (TPSA) is 6.48 Å². The average Bonchev–Trinajstić information content (AvgIpc) is 3.85. The Hall–Kier alpha value is -8.72. The van der Waals surface area contributed by atoms with Gasteiger partial charge in [-0.05, 0) is 138 Å². The molecule has 0 N–H and O–H groups in total. The van der Waals surface area contributed by atoms with Crippen molar-refractivity contribution in [2.75, 3.05) is 9.80 Å². The molecule has 0 aromatic heterocycles. The van der Waals surface area contributed by atoms with E-state index in [-0.39, 0.29) is 5.41 Å². The van der Waals surface area contributed by atoms with E-state index in [9.17, 15) is 0 Å². The first-order chi connectivity index (χ1) is 34.5. The van der Waals surface area contributed by atoms with Crippen LogP contribution < -0.4 is 9.80 Å². The van der Waals surface area contributed by atoms with Crippen LogP contribution in [0.2, 0.25) is 0 Å². The molecular weight excluding hydrogens is 845 g/mol. The fourth-order valence-corrected chi connectivity index (χ4v) is 12.6. The van der Waals surface area contributed by atoms with Crippen LogP contribution in [-0.4, -0.2) is 0 Å². The van der Waals surface area contributed by atoms with Crippen LogP contribution in [0.15, 0.2) is 255 Å². The third-order valence-corrected chi connectivity index (χ3v) is 15.7. The largest absolute Gasteiger partial charge is 0.310 e. The van der Waals surface area contributed by atoms with Crippen LogP contribution in [0.1, 0.15) is 47.2 Å². The van der Waals surface area contributed by atoms with E-state index in [1.807, 2.05) is 0 Å². The number of nitrogens with zero attached hydrogens (tertiary/aromatic N) is 2. The smallest absolute Gasteiger partial charge is 0.0754 e. The summed E-state index contributed by atoms with van der Waals surface area (Å²) in [6, 6.07) is 94.8. The number of hydrogen-bond acceptors (Lipinski definition) is 2. The first-order valence-electron chi connectivity index (χ1n) is 24.5. The minimum absolute atomic E-state index is 0.142. The summed E-state index contributed by atoms with van der Waals surface area (Å²) < 4.78 is 0. The minimum Gasteiger partial charge on any atom is -0.310 e. The summed E-state index contributed by atoms with van der Waals surface area (Å²) in [7, 11) is 0. The summed E-state index contributed by atoms with van der Waals surface area (Å²) in [6.07, 6.45) is 0. The van der Waals surface area contributed by atoms with E-state index in [2.05, 4.69) is 278 Å². The van der Waals surface area contributed by atoms with Gasteiger partial charge < -0.3 is 9.80 Å². The maximum atomic E-state index is 2.48. The van der Waals surface area contributed by atoms with Crippen molar-refractivity contribution in [1.29, 1.82) is 0 Å². The van der Waals surface area contributed by atoms with Crippen LogP contribution in [0.25, 0.3) is 55.3 Å². The summed E-state index contributed by atoms with van der Waals surface area (Å²) in [5, 5.41) is 2.41. The Kier molecular flexibility index (Phi) is 8.88. The molecule has 2 nitrogen and oxygen atoms in total. The van der Waals surface area contributed by atoms with Gasteiger partial charge >= 0.3 is 0 Å². The van der Waals surface area contributed by atoms with Gasteiger partial charge in [0.25, 0.3) is 0 Å². The van der Waals surface area contributed by atoms with Gasteiger partial charge in [0, 0.05) is 27.9 Å². The second-order valence-electron chi connectivity index (χ2n) is 19.6. The zero-order valence-corrected chi connectivity index (χ0v) is 39.1. The van der Waals surface area contributed by atoms with E-state index < -0.39 is 5.41 Å². The SMILES string of the molecule is CC1(C)c2ccccc2-c2ccc(N(c3ccc(-c4ccccc4)cc3)c3ccc(-c4cccc5c4-c4ccccc4C54c5ccccc5N(c5ccccc5)c5ccccc54)c4ccccc34)cc21. The highest BCUT2D eigenvalue weighted by molar-refractivity contribution is 6.10.